The number of rotatable bonds is 1. The normalized spacial score (nSPS) is 25.7. The maximum Gasteiger partial charge on any atom is 0.0707 e. The first kappa shape index (κ1) is 8.24. The molecule has 0 aromatic carbocycles. The molecule has 1 atom stereocenters. The zero-order valence-electron chi connectivity index (χ0n) is 5.92. The number of nitrogens with two attached hydrogens (primary N) is 1. The Hall–Kier alpha value is 0.140. The molecule has 1 aliphatic rings. The fourth-order valence-electron chi connectivity index (χ4n) is 1.21. The second-order valence-electron chi connectivity index (χ2n) is 2.61. The van der Waals surface area contributed by atoms with Gasteiger partial charge in [-0.05, 0) is 25.3 Å². The Bertz CT molecular complexity index is 196. The van der Waals surface area contributed by atoms with Gasteiger partial charge in [-0.25, -0.2) is 0 Å². The third-order valence-electron chi connectivity index (χ3n) is 2.00. The van der Waals surface area contributed by atoms with Crippen molar-refractivity contribution < 1.29 is 0 Å². The second kappa shape index (κ2) is 3.03. The fourth-order valence-corrected chi connectivity index (χ4v) is 1.76. The molecule has 0 amide bonds. The average molecular weight is 173 g/mol. The van der Waals surface area contributed by atoms with Gasteiger partial charge in [0.1, 0.15) is 0 Å². The quantitative estimate of drug-likeness (QED) is 0.466. The molecule has 0 aromatic rings. The van der Waals surface area contributed by atoms with E-state index in [1.165, 1.54) is 11.1 Å². The zero-order valence-corrected chi connectivity index (χ0v) is 7.64. The Balaban J connectivity index is 2.85. The molecule has 56 valence electrons. The number of thiol groups is 1. The van der Waals surface area contributed by atoms with Gasteiger partial charge in [0, 0.05) is 6.04 Å². The van der Waals surface area contributed by atoms with E-state index in [-0.39, 0.29) is 6.04 Å². The summed E-state index contributed by atoms with van der Waals surface area (Å²) < 4.78 is 0.713. The number of hydrogen-bond acceptors (Lipinski definition) is 2. The van der Waals surface area contributed by atoms with E-state index in [2.05, 4.69) is 12.6 Å². The van der Waals surface area contributed by atoms with Crippen molar-refractivity contribution in [3.05, 3.63) is 11.1 Å². The van der Waals surface area contributed by atoms with Crippen LogP contribution in [0.3, 0.4) is 0 Å². The summed E-state index contributed by atoms with van der Waals surface area (Å²) in [5, 5.41) is 0. The monoisotopic (exact) mass is 173 g/mol. The fraction of sp³-hybridized carbons (Fsp3) is 0.571. The standard InChI is InChI=1S/C7H11NS2/c1-4-5(7(9)10)2-3-6(4)8/h6H,2-3,8H2,1H3,(H,9,10). The van der Waals surface area contributed by atoms with Crippen LogP contribution in [0.1, 0.15) is 19.8 Å². The van der Waals surface area contributed by atoms with Crippen LogP contribution in [0.5, 0.6) is 0 Å². The summed E-state index contributed by atoms with van der Waals surface area (Å²) in [6.45, 7) is 2.04. The Kier molecular flexibility index (Phi) is 2.50. The molecule has 1 unspecified atom stereocenters. The molecule has 0 saturated heterocycles. The molecule has 3 heteroatoms. The van der Waals surface area contributed by atoms with Crippen molar-refractivity contribution in [1.29, 1.82) is 0 Å². The lowest BCUT2D eigenvalue weighted by molar-refractivity contribution is 0.751. The minimum Gasteiger partial charge on any atom is -0.324 e. The van der Waals surface area contributed by atoms with Crippen LogP contribution < -0.4 is 5.73 Å². The van der Waals surface area contributed by atoms with Crippen molar-refractivity contribution >= 4 is 29.0 Å². The summed E-state index contributed by atoms with van der Waals surface area (Å²) in [6, 6.07) is 0.222. The van der Waals surface area contributed by atoms with E-state index >= 15 is 0 Å². The molecule has 0 fully saturated rings. The number of hydrogen-bond donors (Lipinski definition) is 2. The van der Waals surface area contributed by atoms with Crippen molar-refractivity contribution in [3.63, 3.8) is 0 Å². The predicted molar refractivity (Wildman–Crippen MR) is 51.5 cm³/mol. The maximum atomic E-state index is 5.75. The van der Waals surface area contributed by atoms with Crippen molar-refractivity contribution in [2.45, 2.75) is 25.8 Å². The summed E-state index contributed by atoms with van der Waals surface area (Å²) in [5.41, 5.74) is 8.16. The highest BCUT2D eigenvalue weighted by atomic mass is 32.1. The van der Waals surface area contributed by atoms with Crippen LogP contribution in [0.15, 0.2) is 11.1 Å². The summed E-state index contributed by atoms with van der Waals surface area (Å²) >= 11 is 9.05. The molecule has 1 rings (SSSR count). The van der Waals surface area contributed by atoms with Gasteiger partial charge < -0.3 is 5.73 Å². The Morgan fingerprint density at radius 3 is 2.60 bits per heavy atom. The molecule has 0 aliphatic heterocycles. The second-order valence-corrected chi connectivity index (χ2v) is 3.77. The van der Waals surface area contributed by atoms with E-state index in [0.29, 0.717) is 4.20 Å². The lowest BCUT2D eigenvalue weighted by Gasteiger charge is -2.02. The first-order valence-corrected chi connectivity index (χ1v) is 4.17. The van der Waals surface area contributed by atoms with Gasteiger partial charge in [-0.3, -0.25) is 0 Å². The summed E-state index contributed by atoms with van der Waals surface area (Å²) in [5.74, 6) is 0. The summed E-state index contributed by atoms with van der Waals surface area (Å²) in [7, 11) is 0. The highest BCUT2D eigenvalue weighted by Gasteiger charge is 2.19. The van der Waals surface area contributed by atoms with Crippen molar-refractivity contribution in [3.8, 4) is 0 Å². The molecule has 0 saturated carbocycles. The highest BCUT2D eigenvalue weighted by Crippen LogP contribution is 2.26. The van der Waals surface area contributed by atoms with E-state index < -0.39 is 0 Å². The molecule has 2 N–H and O–H groups in total. The van der Waals surface area contributed by atoms with Gasteiger partial charge in [-0.15, -0.1) is 12.6 Å². The van der Waals surface area contributed by atoms with Crippen LogP contribution >= 0.6 is 24.8 Å². The van der Waals surface area contributed by atoms with Gasteiger partial charge >= 0.3 is 0 Å². The van der Waals surface area contributed by atoms with Gasteiger partial charge in [-0.2, -0.15) is 0 Å². The van der Waals surface area contributed by atoms with Crippen molar-refractivity contribution in [1.82, 2.24) is 0 Å². The molecule has 1 aliphatic carbocycles. The molecule has 0 bridgehead atoms. The topological polar surface area (TPSA) is 26.0 Å². The maximum absolute atomic E-state index is 5.75. The summed E-state index contributed by atoms with van der Waals surface area (Å²) in [6.07, 6.45) is 2.04. The van der Waals surface area contributed by atoms with Crippen LogP contribution in [-0.2, 0) is 0 Å². The molecule has 0 heterocycles. The molecule has 0 radical (unpaired) electrons. The minimum absolute atomic E-state index is 0.222. The van der Waals surface area contributed by atoms with Crippen LogP contribution in [0.4, 0.5) is 0 Å². The van der Waals surface area contributed by atoms with E-state index in [0.717, 1.165) is 12.8 Å². The molecule has 1 nitrogen and oxygen atoms in total. The summed E-state index contributed by atoms with van der Waals surface area (Å²) in [4.78, 5) is 0. The van der Waals surface area contributed by atoms with Crippen molar-refractivity contribution in [2.24, 2.45) is 5.73 Å². The lowest BCUT2D eigenvalue weighted by Crippen LogP contribution is -2.16. The van der Waals surface area contributed by atoms with Gasteiger partial charge in [0.05, 0.1) is 4.20 Å². The number of thiocarbonyl (C=S) groups is 1. The van der Waals surface area contributed by atoms with Crippen LogP contribution in [0.25, 0.3) is 0 Å². The lowest BCUT2D eigenvalue weighted by atomic mass is 10.1. The van der Waals surface area contributed by atoms with Gasteiger partial charge in [0.25, 0.3) is 0 Å². The van der Waals surface area contributed by atoms with Gasteiger partial charge in [0.2, 0.25) is 0 Å². The van der Waals surface area contributed by atoms with E-state index in [1.54, 1.807) is 0 Å². The Morgan fingerprint density at radius 1 is 1.80 bits per heavy atom. The van der Waals surface area contributed by atoms with Crippen molar-refractivity contribution in [2.75, 3.05) is 0 Å². The molecule has 0 spiro atoms. The predicted octanol–water partition coefficient (Wildman–Crippen LogP) is 1.68. The van der Waals surface area contributed by atoms with Crippen LogP contribution in [0, 0.1) is 0 Å². The van der Waals surface area contributed by atoms with Crippen LogP contribution in [0.2, 0.25) is 0 Å². The largest absolute Gasteiger partial charge is 0.324 e. The highest BCUT2D eigenvalue weighted by molar-refractivity contribution is 8.11. The van der Waals surface area contributed by atoms with Gasteiger partial charge in [0.15, 0.2) is 0 Å². The van der Waals surface area contributed by atoms with E-state index in [4.69, 9.17) is 18.0 Å². The smallest absolute Gasteiger partial charge is 0.0707 e. The molecule has 0 aromatic heterocycles. The van der Waals surface area contributed by atoms with E-state index in [1.807, 2.05) is 6.92 Å². The molecular weight excluding hydrogens is 162 g/mol. The zero-order chi connectivity index (χ0) is 7.72. The first-order valence-electron chi connectivity index (χ1n) is 3.31. The Morgan fingerprint density at radius 2 is 2.40 bits per heavy atom. The average Bonchev–Trinajstić information content (AvgIpc) is 2.14. The van der Waals surface area contributed by atoms with E-state index in [9.17, 15) is 0 Å². The molecular formula is C7H11NS2. The minimum atomic E-state index is 0.222. The molecule has 10 heavy (non-hydrogen) atoms. The van der Waals surface area contributed by atoms with Crippen LogP contribution in [-0.4, -0.2) is 10.2 Å². The Labute approximate surface area is 72.1 Å². The van der Waals surface area contributed by atoms with Gasteiger partial charge in [-0.1, -0.05) is 17.8 Å². The third-order valence-corrected chi connectivity index (χ3v) is 2.51. The SMILES string of the molecule is CC1=C(C(=S)S)CCC1N. The third kappa shape index (κ3) is 1.41. The first-order chi connectivity index (χ1) is 4.63.